The largest absolute Gasteiger partial charge is 0.378 e. The molecule has 1 atom stereocenters. The summed E-state index contributed by atoms with van der Waals surface area (Å²) < 4.78 is 11.1. The second kappa shape index (κ2) is 5.59. The molecule has 3 rings (SSSR count). The van der Waals surface area contributed by atoms with Gasteiger partial charge < -0.3 is 15.0 Å². The van der Waals surface area contributed by atoms with Gasteiger partial charge in [0.1, 0.15) is 0 Å². The fraction of sp³-hybridized carbons (Fsp3) is 0.857. The Morgan fingerprint density at radius 3 is 2.79 bits per heavy atom. The molecular weight excluding hydrogens is 242 g/mol. The fourth-order valence-corrected chi connectivity index (χ4v) is 3.07. The monoisotopic (exact) mass is 265 g/mol. The van der Waals surface area contributed by atoms with Crippen LogP contribution in [0.5, 0.6) is 0 Å². The van der Waals surface area contributed by atoms with Gasteiger partial charge in [-0.3, -0.25) is 0 Å². The summed E-state index contributed by atoms with van der Waals surface area (Å²) in [7, 11) is 0. The van der Waals surface area contributed by atoms with Crippen LogP contribution in [-0.2, 0) is 17.6 Å². The Labute approximate surface area is 113 Å². The Kier molecular flexibility index (Phi) is 3.84. The molecule has 5 heteroatoms. The fourth-order valence-electron chi connectivity index (χ4n) is 3.07. The Hall–Kier alpha value is -0.940. The zero-order valence-corrected chi connectivity index (χ0v) is 11.4. The molecule has 1 aliphatic carbocycles. The molecule has 1 saturated carbocycles. The SMILES string of the molecule is NCC1(Cc2nc(CC3CCCCO3)no2)CCC1. The first-order valence-electron chi connectivity index (χ1n) is 7.43. The molecule has 0 bridgehead atoms. The highest BCUT2D eigenvalue weighted by atomic mass is 16.5. The van der Waals surface area contributed by atoms with Crippen molar-refractivity contribution in [3.63, 3.8) is 0 Å². The van der Waals surface area contributed by atoms with Crippen LogP contribution in [0, 0.1) is 5.41 Å². The summed E-state index contributed by atoms with van der Waals surface area (Å²) >= 11 is 0. The molecule has 2 aliphatic rings. The summed E-state index contributed by atoms with van der Waals surface area (Å²) in [6.07, 6.45) is 9.05. The van der Waals surface area contributed by atoms with Crippen molar-refractivity contribution in [1.29, 1.82) is 0 Å². The van der Waals surface area contributed by atoms with Gasteiger partial charge in [0.25, 0.3) is 0 Å². The minimum absolute atomic E-state index is 0.227. The summed E-state index contributed by atoms with van der Waals surface area (Å²) in [6, 6.07) is 0. The van der Waals surface area contributed by atoms with E-state index >= 15 is 0 Å². The Morgan fingerprint density at radius 1 is 1.26 bits per heavy atom. The Morgan fingerprint density at radius 2 is 2.16 bits per heavy atom. The third-order valence-electron chi connectivity index (χ3n) is 4.57. The van der Waals surface area contributed by atoms with Gasteiger partial charge in [0.05, 0.1) is 6.10 Å². The van der Waals surface area contributed by atoms with E-state index in [0.29, 0.717) is 0 Å². The van der Waals surface area contributed by atoms with Crippen molar-refractivity contribution >= 4 is 0 Å². The number of ether oxygens (including phenoxy) is 1. The van der Waals surface area contributed by atoms with Crippen molar-refractivity contribution in [3.05, 3.63) is 11.7 Å². The lowest BCUT2D eigenvalue weighted by Gasteiger charge is -2.39. The minimum atomic E-state index is 0.227. The summed E-state index contributed by atoms with van der Waals surface area (Å²) in [5.74, 6) is 1.53. The van der Waals surface area contributed by atoms with Gasteiger partial charge >= 0.3 is 0 Å². The molecule has 2 heterocycles. The molecule has 1 aromatic heterocycles. The van der Waals surface area contributed by atoms with Crippen LogP contribution in [0.3, 0.4) is 0 Å². The van der Waals surface area contributed by atoms with Crippen molar-refractivity contribution < 1.29 is 9.26 Å². The predicted molar refractivity (Wildman–Crippen MR) is 70.6 cm³/mol. The van der Waals surface area contributed by atoms with Gasteiger partial charge in [-0.25, -0.2) is 0 Å². The molecule has 0 spiro atoms. The van der Waals surface area contributed by atoms with Crippen LogP contribution in [0.4, 0.5) is 0 Å². The molecule has 106 valence electrons. The Bertz CT molecular complexity index is 403. The molecule has 0 aromatic carbocycles. The molecule has 19 heavy (non-hydrogen) atoms. The lowest BCUT2D eigenvalue weighted by atomic mass is 9.67. The topological polar surface area (TPSA) is 74.2 Å². The first-order chi connectivity index (χ1) is 9.30. The number of rotatable bonds is 5. The van der Waals surface area contributed by atoms with Crippen molar-refractivity contribution in [2.75, 3.05) is 13.2 Å². The van der Waals surface area contributed by atoms with Crippen molar-refractivity contribution in [1.82, 2.24) is 10.1 Å². The van der Waals surface area contributed by atoms with Crippen LogP contribution in [0.2, 0.25) is 0 Å². The van der Waals surface area contributed by atoms with E-state index in [1.807, 2.05) is 0 Å². The van der Waals surface area contributed by atoms with E-state index in [1.54, 1.807) is 0 Å². The van der Waals surface area contributed by atoms with Crippen molar-refractivity contribution in [2.45, 2.75) is 57.5 Å². The van der Waals surface area contributed by atoms with Gasteiger partial charge in [-0.15, -0.1) is 0 Å². The molecule has 2 fully saturated rings. The van der Waals surface area contributed by atoms with Crippen molar-refractivity contribution in [3.8, 4) is 0 Å². The first-order valence-corrected chi connectivity index (χ1v) is 7.43. The van der Waals surface area contributed by atoms with Crippen LogP contribution < -0.4 is 5.73 Å². The quantitative estimate of drug-likeness (QED) is 0.879. The molecule has 0 amide bonds. The van der Waals surface area contributed by atoms with E-state index in [1.165, 1.54) is 32.1 Å². The molecule has 0 radical (unpaired) electrons. The maximum Gasteiger partial charge on any atom is 0.227 e. The number of aromatic nitrogens is 2. The van der Waals surface area contributed by atoms with E-state index in [4.69, 9.17) is 15.0 Å². The van der Waals surface area contributed by atoms with Gasteiger partial charge in [-0.2, -0.15) is 4.98 Å². The zero-order chi connectivity index (χ0) is 13.1. The molecular formula is C14H23N3O2. The van der Waals surface area contributed by atoms with E-state index in [-0.39, 0.29) is 11.5 Å². The lowest BCUT2D eigenvalue weighted by Crippen LogP contribution is -2.39. The van der Waals surface area contributed by atoms with Gasteiger partial charge in [-0.05, 0) is 44.1 Å². The third-order valence-corrected chi connectivity index (χ3v) is 4.57. The average molecular weight is 265 g/mol. The predicted octanol–water partition coefficient (Wildman–Crippen LogP) is 1.85. The average Bonchev–Trinajstić information content (AvgIpc) is 2.82. The molecule has 1 aliphatic heterocycles. The minimum Gasteiger partial charge on any atom is -0.378 e. The van der Waals surface area contributed by atoms with E-state index in [2.05, 4.69) is 10.1 Å². The van der Waals surface area contributed by atoms with Crippen molar-refractivity contribution in [2.24, 2.45) is 11.1 Å². The smallest absolute Gasteiger partial charge is 0.227 e. The normalized spacial score (nSPS) is 26.1. The maximum absolute atomic E-state index is 5.86. The molecule has 1 aromatic rings. The van der Waals surface area contributed by atoms with E-state index < -0.39 is 0 Å². The van der Waals surface area contributed by atoms with Crippen LogP contribution >= 0.6 is 0 Å². The highest BCUT2D eigenvalue weighted by Gasteiger charge is 2.37. The lowest BCUT2D eigenvalue weighted by molar-refractivity contribution is 0.0153. The summed E-state index contributed by atoms with van der Waals surface area (Å²) in [4.78, 5) is 4.51. The summed E-state index contributed by atoms with van der Waals surface area (Å²) in [6.45, 7) is 1.59. The maximum atomic E-state index is 5.86. The van der Waals surface area contributed by atoms with Crippen LogP contribution in [-0.4, -0.2) is 29.4 Å². The molecule has 1 unspecified atom stereocenters. The summed E-state index contributed by atoms with van der Waals surface area (Å²) in [5, 5.41) is 4.08. The van der Waals surface area contributed by atoms with E-state index in [9.17, 15) is 0 Å². The number of nitrogens with zero attached hydrogens (tertiary/aromatic N) is 2. The highest BCUT2D eigenvalue weighted by Crippen LogP contribution is 2.42. The highest BCUT2D eigenvalue weighted by molar-refractivity contribution is 4.98. The number of nitrogens with two attached hydrogens (primary N) is 1. The van der Waals surface area contributed by atoms with Crippen LogP contribution in [0.15, 0.2) is 4.52 Å². The third kappa shape index (κ3) is 2.98. The van der Waals surface area contributed by atoms with Crippen LogP contribution in [0.25, 0.3) is 0 Å². The number of hydrogen-bond acceptors (Lipinski definition) is 5. The van der Waals surface area contributed by atoms with Gasteiger partial charge in [-0.1, -0.05) is 11.6 Å². The summed E-state index contributed by atoms with van der Waals surface area (Å²) in [5.41, 5.74) is 6.09. The number of hydrogen-bond donors (Lipinski definition) is 1. The molecule has 2 N–H and O–H groups in total. The standard InChI is InChI=1S/C14H23N3O2/c15-10-14(5-3-6-14)9-13-16-12(17-19-13)8-11-4-1-2-7-18-11/h11H,1-10,15H2. The van der Waals surface area contributed by atoms with Gasteiger partial charge in [0.2, 0.25) is 5.89 Å². The Balaban J connectivity index is 1.56. The second-order valence-corrected chi connectivity index (χ2v) is 6.03. The second-order valence-electron chi connectivity index (χ2n) is 6.03. The van der Waals surface area contributed by atoms with Gasteiger partial charge in [0.15, 0.2) is 5.82 Å². The molecule has 1 saturated heterocycles. The first kappa shape index (κ1) is 13.1. The van der Waals surface area contributed by atoms with Gasteiger partial charge in [0, 0.05) is 19.4 Å². The molecule has 5 nitrogen and oxygen atoms in total. The zero-order valence-electron chi connectivity index (χ0n) is 11.4. The van der Waals surface area contributed by atoms with Crippen LogP contribution in [0.1, 0.15) is 50.2 Å². The van der Waals surface area contributed by atoms with E-state index in [0.717, 1.165) is 44.1 Å².